The van der Waals surface area contributed by atoms with Crippen molar-refractivity contribution in [1.29, 1.82) is 0 Å². The van der Waals surface area contributed by atoms with Crippen LogP contribution in [0.3, 0.4) is 0 Å². The fourth-order valence-corrected chi connectivity index (χ4v) is 3.56. The van der Waals surface area contributed by atoms with Crippen LogP contribution in [0.4, 0.5) is 0 Å². The van der Waals surface area contributed by atoms with E-state index in [2.05, 4.69) is 20.2 Å². The number of aromatic nitrogens is 2. The summed E-state index contributed by atoms with van der Waals surface area (Å²) in [7, 11) is 0. The van der Waals surface area contributed by atoms with E-state index in [-0.39, 0.29) is 11.5 Å². The largest absolute Gasteiger partial charge is 0.351 e. The molecule has 7 nitrogen and oxygen atoms in total. The van der Waals surface area contributed by atoms with Crippen LogP contribution in [0, 0.1) is 0 Å². The number of amides is 1. The second-order valence-corrected chi connectivity index (χ2v) is 7.33. The molecule has 1 aliphatic rings. The lowest BCUT2D eigenvalue weighted by Crippen LogP contribution is -2.50. The highest BCUT2D eigenvalue weighted by Gasteiger charge is 2.19. The number of hydrogen-bond donors (Lipinski definition) is 1. The molecule has 0 unspecified atom stereocenters. The average Bonchev–Trinajstić information content (AvgIpc) is 2.76. The molecule has 2 heterocycles. The summed E-state index contributed by atoms with van der Waals surface area (Å²) in [5.41, 5.74) is 1.03. The van der Waals surface area contributed by atoms with Gasteiger partial charge >= 0.3 is 0 Å². The van der Waals surface area contributed by atoms with Crippen LogP contribution in [0.5, 0.6) is 0 Å². The summed E-state index contributed by atoms with van der Waals surface area (Å²) in [6.07, 6.45) is 1.74. The van der Waals surface area contributed by atoms with Gasteiger partial charge in [-0.1, -0.05) is 48.5 Å². The first-order valence-corrected chi connectivity index (χ1v) is 9.89. The van der Waals surface area contributed by atoms with Crippen LogP contribution in [0.1, 0.15) is 5.56 Å². The van der Waals surface area contributed by atoms with Gasteiger partial charge < -0.3 is 5.32 Å². The SMILES string of the molecule is O=C(CN1CCN(Cn2ncc3ccccc3c2=O)CC1)NCc1ccccc1. The molecule has 1 N–H and O–H groups in total. The minimum Gasteiger partial charge on any atom is -0.351 e. The molecular formula is C22H25N5O2. The zero-order valence-electron chi connectivity index (χ0n) is 16.3. The highest BCUT2D eigenvalue weighted by molar-refractivity contribution is 5.80. The molecular weight excluding hydrogens is 366 g/mol. The lowest BCUT2D eigenvalue weighted by Gasteiger charge is -2.34. The van der Waals surface area contributed by atoms with Gasteiger partial charge in [-0.15, -0.1) is 0 Å². The van der Waals surface area contributed by atoms with Crippen LogP contribution in [0.2, 0.25) is 0 Å². The topological polar surface area (TPSA) is 70.5 Å². The van der Waals surface area contributed by atoms with E-state index in [4.69, 9.17) is 0 Å². The highest BCUT2D eigenvalue weighted by Crippen LogP contribution is 2.08. The summed E-state index contributed by atoms with van der Waals surface area (Å²) < 4.78 is 1.52. The van der Waals surface area contributed by atoms with Gasteiger partial charge in [0, 0.05) is 38.1 Å². The molecule has 0 atom stereocenters. The number of fused-ring (bicyclic) bond motifs is 1. The Balaban J connectivity index is 1.26. The number of carbonyl (C=O) groups excluding carboxylic acids is 1. The number of carbonyl (C=O) groups is 1. The Kier molecular flexibility index (Phi) is 5.97. The molecule has 1 amide bonds. The molecule has 29 heavy (non-hydrogen) atoms. The Morgan fingerprint density at radius 1 is 0.931 bits per heavy atom. The fourth-order valence-electron chi connectivity index (χ4n) is 3.56. The fraction of sp³-hybridized carbons (Fsp3) is 0.318. The Morgan fingerprint density at radius 3 is 2.41 bits per heavy atom. The van der Waals surface area contributed by atoms with E-state index in [0.717, 1.165) is 37.1 Å². The Hall–Kier alpha value is -3.03. The second-order valence-electron chi connectivity index (χ2n) is 7.33. The minimum atomic E-state index is -0.0641. The van der Waals surface area contributed by atoms with Crippen molar-refractivity contribution < 1.29 is 4.79 Å². The van der Waals surface area contributed by atoms with Crippen molar-refractivity contribution in [3.05, 3.63) is 76.7 Å². The maximum Gasteiger partial charge on any atom is 0.275 e. The second kappa shape index (κ2) is 8.98. The summed E-state index contributed by atoms with van der Waals surface area (Å²) in [6, 6.07) is 17.4. The molecule has 3 aromatic rings. The minimum absolute atomic E-state index is 0.0368. The van der Waals surface area contributed by atoms with Crippen molar-refractivity contribution >= 4 is 16.7 Å². The zero-order valence-corrected chi connectivity index (χ0v) is 16.3. The molecule has 0 spiro atoms. The van der Waals surface area contributed by atoms with Crippen LogP contribution >= 0.6 is 0 Å². The quantitative estimate of drug-likeness (QED) is 0.686. The van der Waals surface area contributed by atoms with Crippen molar-refractivity contribution in [3.8, 4) is 0 Å². The smallest absolute Gasteiger partial charge is 0.275 e. The van der Waals surface area contributed by atoms with Crippen LogP contribution in [0.15, 0.2) is 65.6 Å². The molecule has 1 aliphatic heterocycles. The highest BCUT2D eigenvalue weighted by atomic mass is 16.2. The lowest BCUT2D eigenvalue weighted by molar-refractivity contribution is -0.122. The van der Waals surface area contributed by atoms with E-state index in [1.165, 1.54) is 4.68 Å². The molecule has 1 fully saturated rings. The van der Waals surface area contributed by atoms with Crippen LogP contribution in [-0.2, 0) is 18.0 Å². The van der Waals surface area contributed by atoms with Gasteiger partial charge in [0.15, 0.2) is 0 Å². The predicted molar refractivity (Wildman–Crippen MR) is 112 cm³/mol. The van der Waals surface area contributed by atoms with Crippen molar-refractivity contribution in [2.24, 2.45) is 0 Å². The Labute approximate surface area is 169 Å². The Bertz CT molecular complexity index is 1030. The van der Waals surface area contributed by atoms with Crippen molar-refractivity contribution in [2.45, 2.75) is 13.2 Å². The van der Waals surface area contributed by atoms with Gasteiger partial charge in [0.05, 0.1) is 24.8 Å². The summed E-state index contributed by atoms with van der Waals surface area (Å²) in [5, 5.41) is 8.83. The molecule has 4 rings (SSSR count). The molecule has 2 aromatic carbocycles. The third-order valence-electron chi connectivity index (χ3n) is 5.26. The Morgan fingerprint density at radius 2 is 1.62 bits per heavy atom. The molecule has 1 aromatic heterocycles. The molecule has 0 saturated carbocycles. The van der Waals surface area contributed by atoms with Gasteiger partial charge in [-0.25, -0.2) is 4.68 Å². The standard InChI is InChI=1S/C22H25N5O2/c28-21(23-14-18-6-2-1-3-7-18)16-25-10-12-26(13-11-25)17-27-22(29)20-9-5-4-8-19(20)15-24-27/h1-9,15H,10-14,16-17H2,(H,23,28). The molecule has 7 heteroatoms. The van der Waals surface area contributed by atoms with E-state index in [0.29, 0.717) is 25.1 Å². The van der Waals surface area contributed by atoms with Crippen LogP contribution in [-0.4, -0.2) is 58.2 Å². The summed E-state index contributed by atoms with van der Waals surface area (Å²) >= 11 is 0. The molecule has 0 bridgehead atoms. The number of rotatable bonds is 6. The zero-order chi connectivity index (χ0) is 20.1. The van der Waals surface area contributed by atoms with E-state index in [9.17, 15) is 9.59 Å². The van der Waals surface area contributed by atoms with E-state index in [1.807, 2.05) is 54.6 Å². The third kappa shape index (κ3) is 4.88. The summed E-state index contributed by atoms with van der Waals surface area (Å²) in [5.74, 6) is 0.0368. The van der Waals surface area contributed by atoms with Gasteiger partial charge in [-0.05, 0) is 11.6 Å². The van der Waals surface area contributed by atoms with Gasteiger partial charge in [0.25, 0.3) is 5.56 Å². The molecule has 0 radical (unpaired) electrons. The number of nitrogens with one attached hydrogen (secondary N) is 1. The molecule has 0 aliphatic carbocycles. The first kappa shape index (κ1) is 19.3. The van der Waals surface area contributed by atoms with Crippen molar-refractivity contribution in [2.75, 3.05) is 32.7 Å². The van der Waals surface area contributed by atoms with Gasteiger partial charge in [0.2, 0.25) is 5.91 Å². The van der Waals surface area contributed by atoms with Gasteiger partial charge in [0.1, 0.15) is 0 Å². The maximum atomic E-state index is 12.6. The van der Waals surface area contributed by atoms with Crippen LogP contribution in [0.25, 0.3) is 10.8 Å². The summed E-state index contributed by atoms with van der Waals surface area (Å²) in [6.45, 7) is 4.60. The average molecular weight is 391 g/mol. The number of hydrogen-bond acceptors (Lipinski definition) is 5. The summed E-state index contributed by atoms with van der Waals surface area (Å²) in [4.78, 5) is 29.2. The predicted octanol–water partition coefficient (Wildman–Crippen LogP) is 1.29. The molecule has 150 valence electrons. The maximum absolute atomic E-state index is 12.6. The van der Waals surface area contributed by atoms with Crippen LogP contribution < -0.4 is 10.9 Å². The lowest BCUT2D eigenvalue weighted by atomic mass is 10.2. The van der Waals surface area contributed by atoms with E-state index < -0.39 is 0 Å². The molecule has 1 saturated heterocycles. The number of nitrogens with zero attached hydrogens (tertiary/aromatic N) is 4. The first-order valence-electron chi connectivity index (χ1n) is 9.89. The van der Waals surface area contributed by atoms with E-state index >= 15 is 0 Å². The van der Waals surface area contributed by atoms with Gasteiger partial charge in [-0.2, -0.15) is 5.10 Å². The van der Waals surface area contributed by atoms with Crippen molar-refractivity contribution in [3.63, 3.8) is 0 Å². The van der Waals surface area contributed by atoms with Gasteiger partial charge in [-0.3, -0.25) is 19.4 Å². The normalized spacial score (nSPS) is 15.4. The first-order chi connectivity index (χ1) is 14.2. The number of benzene rings is 2. The monoisotopic (exact) mass is 391 g/mol. The van der Waals surface area contributed by atoms with E-state index in [1.54, 1.807) is 6.20 Å². The third-order valence-corrected chi connectivity index (χ3v) is 5.26. The number of piperazine rings is 1. The van der Waals surface area contributed by atoms with Crippen molar-refractivity contribution in [1.82, 2.24) is 24.9 Å².